The first-order valence-electron chi connectivity index (χ1n) is 25.6. The third-order valence-electron chi connectivity index (χ3n) is 9.32. The zero-order valence-corrected chi connectivity index (χ0v) is 52.2. The summed E-state index contributed by atoms with van der Waals surface area (Å²) < 4.78 is 0. The quantitative estimate of drug-likeness (QED) is 0.230. The highest BCUT2D eigenvalue weighted by molar-refractivity contribution is 5.76. The molecule has 1 amide bonds. The lowest BCUT2D eigenvalue weighted by atomic mass is 9.78. The molecule has 65 heavy (non-hydrogen) atoms. The van der Waals surface area contributed by atoms with E-state index in [9.17, 15) is 9.59 Å². The van der Waals surface area contributed by atoms with Crippen LogP contribution in [0.4, 0.5) is 0 Å². The van der Waals surface area contributed by atoms with E-state index in [1.165, 1.54) is 45.1 Å². The highest BCUT2D eigenvalue weighted by Crippen LogP contribution is 2.30. The van der Waals surface area contributed by atoms with Crippen LogP contribution in [0.15, 0.2) is 0 Å². The fraction of sp³-hybridized carbons (Fsp3) is 0.949. The van der Waals surface area contributed by atoms with Gasteiger partial charge in [-0.3, -0.25) is 4.79 Å². The number of rotatable bonds is 9. The summed E-state index contributed by atoms with van der Waals surface area (Å²) >= 11 is 0. The van der Waals surface area contributed by atoms with Gasteiger partial charge in [-0.25, -0.2) is 0 Å². The average molecular weight is 928 g/mol. The van der Waals surface area contributed by atoms with Crippen LogP contribution in [0.25, 0.3) is 0 Å². The van der Waals surface area contributed by atoms with Crippen molar-refractivity contribution in [1.82, 2.24) is 14.7 Å². The van der Waals surface area contributed by atoms with Crippen LogP contribution in [0.3, 0.4) is 0 Å². The van der Waals surface area contributed by atoms with Gasteiger partial charge in [-0.1, -0.05) is 220 Å². The molecule has 6 heteroatoms. The Bertz CT molecular complexity index is 1100. The molecule has 0 N–H and O–H groups in total. The summed E-state index contributed by atoms with van der Waals surface area (Å²) in [4.78, 5) is 27.6. The number of carbonyl (C=O) groups excluding carboxylic acids is 2. The number of Topliss-reactive ketones (excluding diaryl/α,β-unsaturated/α-hetero) is 1. The lowest BCUT2D eigenvalue weighted by molar-refractivity contribution is -0.130. The Kier molecular flexibility index (Phi) is 48.8. The Morgan fingerprint density at radius 1 is 0.477 bits per heavy atom. The van der Waals surface area contributed by atoms with Crippen molar-refractivity contribution in [3.63, 3.8) is 0 Å². The molecule has 0 fully saturated rings. The van der Waals surface area contributed by atoms with Gasteiger partial charge in [0.15, 0.2) is 0 Å². The van der Waals surface area contributed by atoms with Crippen molar-refractivity contribution in [2.24, 2.45) is 49.2 Å². The minimum atomic E-state index is 0.112. The van der Waals surface area contributed by atoms with E-state index in [2.05, 4.69) is 238 Å². The van der Waals surface area contributed by atoms with Crippen LogP contribution in [0, 0.1) is 60.6 Å². The highest BCUT2D eigenvalue weighted by atomic mass is 16.2. The highest BCUT2D eigenvalue weighted by Gasteiger charge is 2.20. The fourth-order valence-corrected chi connectivity index (χ4v) is 5.56. The molecule has 0 saturated carbocycles. The summed E-state index contributed by atoms with van der Waals surface area (Å²) in [5, 5.41) is 8.18. The standard InChI is InChI=1S/C9H20.C8H17NO.C8H19N.C7H17N.C7H13N.C7H14O.C7H16.C6H14/c1-6-8(7-2)9(3,4)5;1-8(2,3)6-7(10)9(4)5;1-8(2,3)6-7-9(4)5;1-7(2,3)6-8(4)5;1-7(2,3)5-4-6-8;1-6(8)5-7(2,3)4;1-5-6-7(2,3)4;1-5-6(2,3)4/h8H,6-7H2,1-5H3;6H2,1-5H3;6-7H2,1-5H3;6H2,1-5H3;4-5H2,1-3H3;5H2,1-4H3;5-6H2,1-4H3;5H2,1-4H3. The lowest BCUT2D eigenvalue weighted by Gasteiger charge is -2.28. The molecule has 398 valence electrons. The Morgan fingerprint density at radius 3 is 0.862 bits per heavy atom. The molecular formula is C59H130N4O2. The Balaban J connectivity index is -0.0000000956. The summed E-state index contributed by atoms with van der Waals surface area (Å²) in [6, 6.07) is 2.12. The minimum Gasteiger partial charge on any atom is -0.349 e. The Labute approximate surface area is 415 Å². The monoisotopic (exact) mass is 927 g/mol. The van der Waals surface area contributed by atoms with Crippen LogP contribution < -0.4 is 0 Å². The van der Waals surface area contributed by atoms with E-state index < -0.39 is 0 Å². The van der Waals surface area contributed by atoms with Gasteiger partial charge in [0, 0.05) is 39.9 Å². The predicted octanol–water partition coefficient (Wildman–Crippen LogP) is 18.2. The summed E-state index contributed by atoms with van der Waals surface area (Å²) in [6.45, 7) is 65.9. The van der Waals surface area contributed by atoms with Gasteiger partial charge in [0.1, 0.15) is 5.78 Å². The molecule has 0 heterocycles. The molecule has 0 rings (SSSR count). The molecule has 6 nitrogen and oxygen atoms in total. The number of hydrogen-bond acceptors (Lipinski definition) is 5. The van der Waals surface area contributed by atoms with Gasteiger partial charge in [-0.05, 0) is 110 Å². The van der Waals surface area contributed by atoms with Crippen LogP contribution in [0.2, 0.25) is 0 Å². The van der Waals surface area contributed by atoms with Gasteiger partial charge in [0.05, 0.1) is 6.07 Å². The molecule has 0 unspecified atom stereocenters. The number of nitrogens with zero attached hydrogens (tertiary/aromatic N) is 4. The summed E-state index contributed by atoms with van der Waals surface area (Å²) in [5.41, 5.74) is 3.16. The second kappa shape index (κ2) is 39.4. The van der Waals surface area contributed by atoms with Crippen molar-refractivity contribution in [2.45, 2.75) is 265 Å². The largest absolute Gasteiger partial charge is 0.349 e. The minimum absolute atomic E-state index is 0.112. The van der Waals surface area contributed by atoms with Gasteiger partial charge in [-0.2, -0.15) is 5.26 Å². The molecule has 0 radical (unpaired) electrons. The summed E-state index contributed by atoms with van der Waals surface area (Å²) in [6.07, 6.45) is 10.8. The van der Waals surface area contributed by atoms with E-state index in [0.29, 0.717) is 51.8 Å². The topological polar surface area (TPSA) is 67.6 Å². The number of hydrogen-bond donors (Lipinski definition) is 0. The van der Waals surface area contributed by atoms with Gasteiger partial charge >= 0.3 is 0 Å². The number of nitriles is 1. The van der Waals surface area contributed by atoms with E-state index in [0.717, 1.165) is 18.9 Å². The number of carbonyl (C=O) groups is 2. The maximum atomic E-state index is 11.1. The van der Waals surface area contributed by atoms with Crippen LogP contribution >= 0.6 is 0 Å². The molecule has 0 aliphatic heterocycles. The van der Waals surface area contributed by atoms with Crippen LogP contribution in [-0.4, -0.2) is 81.8 Å². The van der Waals surface area contributed by atoms with E-state index >= 15 is 0 Å². The van der Waals surface area contributed by atoms with Crippen LogP contribution in [-0.2, 0) is 9.59 Å². The molecule has 0 saturated heterocycles. The first-order chi connectivity index (χ1) is 28.3. The summed E-state index contributed by atoms with van der Waals surface area (Å²) in [7, 11) is 12.0. The van der Waals surface area contributed by atoms with E-state index in [4.69, 9.17) is 5.26 Å². The Hall–Kier alpha value is -1.45. The van der Waals surface area contributed by atoms with E-state index in [-0.39, 0.29) is 22.5 Å². The van der Waals surface area contributed by atoms with Crippen molar-refractivity contribution >= 4 is 11.7 Å². The van der Waals surface area contributed by atoms with Crippen molar-refractivity contribution in [1.29, 1.82) is 5.26 Å². The maximum Gasteiger partial charge on any atom is 0.222 e. The molecule has 0 aromatic carbocycles. The van der Waals surface area contributed by atoms with Gasteiger partial charge in [0.25, 0.3) is 0 Å². The maximum absolute atomic E-state index is 11.1. The smallest absolute Gasteiger partial charge is 0.222 e. The first kappa shape index (κ1) is 80.6. The first-order valence-corrected chi connectivity index (χ1v) is 25.6. The molecule has 0 aromatic rings. The van der Waals surface area contributed by atoms with Gasteiger partial charge in [0.2, 0.25) is 5.91 Å². The molecule has 0 atom stereocenters. The third kappa shape index (κ3) is 111. The zero-order chi connectivity index (χ0) is 54.7. The normalized spacial score (nSPS) is 12.0. The SMILES string of the molecule is CC(=O)CC(C)(C)C.CC(C)(C)CCC#N.CCC(C)(C)C.CCC(CC)C(C)(C)C.CCCC(C)(C)C.CN(C)C(=O)CC(C)(C)C.CN(C)CC(C)(C)C.CN(C)CCC(C)(C)C. The Morgan fingerprint density at radius 2 is 0.815 bits per heavy atom. The predicted molar refractivity (Wildman–Crippen MR) is 300 cm³/mol. The summed E-state index contributed by atoms with van der Waals surface area (Å²) in [5.74, 6) is 1.38. The molecule has 0 aromatic heterocycles. The van der Waals surface area contributed by atoms with Crippen molar-refractivity contribution < 1.29 is 9.59 Å². The van der Waals surface area contributed by atoms with Gasteiger partial charge < -0.3 is 19.5 Å². The third-order valence-corrected chi connectivity index (χ3v) is 9.32. The van der Waals surface area contributed by atoms with E-state index in [1.807, 2.05) is 0 Å². The molecular weight excluding hydrogens is 797 g/mol. The van der Waals surface area contributed by atoms with Crippen molar-refractivity contribution in [3.05, 3.63) is 0 Å². The number of amides is 1. The zero-order valence-electron chi connectivity index (χ0n) is 52.2. The fourth-order valence-electron chi connectivity index (χ4n) is 5.56. The van der Waals surface area contributed by atoms with Crippen LogP contribution in [0.5, 0.6) is 0 Å². The van der Waals surface area contributed by atoms with Crippen molar-refractivity contribution in [2.75, 3.05) is 55.4 Å². The second-order valence-corrected chi connectivity index (χ2v) is 28.7. The number of ketones is 1. The molecule has 0 bridgehead atoms. The van der Waals surface area contributed by atoms with Crippen molar-refractivity contribution in [3.8, 4) is 6.07 Å². The van der Waals surface area contributed by atoms with E-state index in [1.54, 1.807) is 25.9 Å². The van der Waals surface area contributed by atoms with Gasteiger partial charge in [-0.15, -0.1) is 0 Å². The lowest BCUT2D eigenvalue weighted by Crippen LogP contribution is -2.26. The molecule has 0 aliphatic rings. The van der Waals surface area contributed by atoms with Crippen LogP contribution in [0.1, 0.15) is 265 Å². The average Bonchev–Trinajstić information content (AvgIpc) is 3.00. The molecule has 0 spiro atoms. The molecule has 0 aliphatic carbocycles. The second-order valence-electron chi connectivity index (χ2n) is 28.7.